The number of nitrogens with one attached hydrogen (secondary N) is 2. The van der Waals surface area contributed by atoms with Gasteiger partial charge in [-0.3, -0.25) is 4.90 Å². The number of phenols is 1. The molecule has 0 bridgehead atoms. The Balaban J connectivity index is 1.35. The number of benzene rings is 1. The van der Waals surface area contributed by atoms with Gasteiger partial charge in [-0.2, -0.15) is 0 Å². The van der Waals surface area contributed by atoms with Gasteiger partial charge in [0.2, 0.25) is 0 Å². The molecule has 1 aliphatic rings. The van der Waals surface area contributed by atoms with E-state index in [1.807, 2.05) is 25.3 Å². The number of morpholine rings is 1. The third-order valence-corrected chi connectivity index (χ3v) is 7.24. The Morgan fingerprint density at radius 3 is 2.63 bits per heavy atom. The molecule has 1 saturated heterocycles. The van der Waals surface area contributed by atoms with Crippen LogP contribution in [0.3, 0.4) is 0 Å². The lowest BCUT2D eigenvalue weighted by atomic mass is 10.1. The van der Waals surface area contributed by atoms with Crippen LogP contribution in [-0.2, 0) is 11.3 Å². The number of ether oxygens (including phenoxy) is 2. The maximum absolute atomic E-state index is 10.4. The Bertz CT molecular complexity index is 1410. The zero-order chi connectivity index (χ0) is 26.5. The first-order valence-corrected chi connectivity index (χ1v) is 13.1. The predicted molar refractivity (Wildman–Crippen MR) is 152 cm³/mol. The van der Waals surface area contributed by atoms with Gasteiger partial charge in [0.1, 0.15) is 41.6 Å². The minimum Gasteiger partial charge on any atom is -0.507 e. The summed E-state index contributed by atoms with van der Waals surface area (Å²) in [5.41, 5.74) is 3.80. The summed E-state index contributed by atoms with van der Waals surface area (Å²) >= 11 is 2.18. The lowest BCUT2D eigenvalue weighted by Crippen LogP contribution is -2.35. The molecular formula is C26H27IN8O3. The van der Waals surface area contributed by atoms with Gasteiger partial charge in [0.05, 0.1) is 40.8 Å². The van der Waals surface area contributed by atoms with Crippen molar-refractivity contribution >= 4 is 45.7 Å². The van der Waals surface area contributed by atoms with Crippen LogP contribution in [0.15, 0.2) is 49.3 Å². The highest BCUT2D eigenvalue weighted by Gasteiger charge is 2.18. The Labute approximate surface area is 233 Å². The van der Waals surface area contributed by atoms with Crippen LogP contribution >= 0.6 is 22.6 Å². The lowest BCUT2D eigenvalue weighted by Gasteiger charge is -2.26. The molecule has 11 nitrogen and oxygen atoms in total. The van der Waals surface area contributed by atoms with Crippen LogP contribution in [0.4, 0.5) is 23.1 Å². The van der Waals surface area contributed by atoms with Crippen molar-refractivity contribution in [3.63, 3.8) is 0 Å². The minimum atomic E-state index is 0.123. The summed E-state index contributed by atoms with van der Waals surface area (Å²) in [6, 6.07) is 7.41. The maximum atomic E-state index is 10.4. The maximum Gasteiger partial charge on any atom is 0.143 e. The fraction of sp³-hybridized carbons (Fsp3) is 0.269. The summed E-state index contributed by atoms with van der Waals surface area (Å²) in [5.74, 6) is 2.48. The van der Waals surface area contributed by atoms with Crippen LogP contribution in [0.25, 0.3) is 11.3 Å². The molecule has 12 heteroatoms. The summed E-state index contributed by atoms with van der Waals surface area (Å²) in [7, 11) is 1.56. The van der Waals surface area contributed by atoms with Crippen LogP contribution in [0, 0.1) is 10.5 Å². The Kier molecular flexibility index (Phi) is 8.10. The number of aromatic nitrogens is 5. The van der Waals surface area contributed by atoms with Crippen molar-refractivity contribution in [3.05, 3.63) is 64.0 Å². The summed E-state index contributed by atoms with van der Waals surface area (Å²) in [5, 5.41) is 17.0. The molecule has 4 aromatic rings. The first-order valence-electron chi connectivity index (χ1n) is 12.0. The topological polar surface area (TPSA) is 130 Å². The van der Waals surface area contributed by atoms with E-state index in [0.717, 1.165) is 42.0 Å². The van der Waals surface area contributed by atoms with E-state index in [1.165, 1.54) is 12.7 Å². The largest absolute Gasteiger partial charge is 0.507 e. The first-order chi connectivity index (χ1) is 18.5. The predicted octanol–water partition coefficient (Wildman–Crippen LogP) is 4.28. The van der Waals surface area contributed by atoms with Crippen LogP contribution in [0.1, 0.15) is 11.1 Å². The van der Waals surface area contributed by atoms with Crippen LogP contribution < -0.4 is 15.4 Å². The molecule has 3 N–H and O–H groups in total. The van der Waals surface area contributed by atoms with Crippen LogP contribution in [0.5, 0.6) is 11.5 Å². The second kappa shape index (κ2) is 11.8. The van der Waals surface area contributed by atoms with Crippen molar-refractivity contribution in [1.82, 2.24) is 29.8 Å². The SMILES string of the molecule is COc1cc(O)c(C)c(Nc2ncncc2-c2cc(Nc3ccc(CN4CCOCC4)cn3)ncn2)c1I. The third-order valence-electron chi connectivity index (χ3n) is 6.17. The molecule has 196 valence electrons. The van der Waals surface area contributed by atoms with Gasteiger partial charge in [0, 0.05) is 49.7 Å². The monoisotopic (exact) mass is 626 g/mol. The smallest absolute Gasteiger partial charge is 0.143 e. The summed E-state index contributed by atoms with van der Waals surface area (Å²) in [4.78, 5) is 24.3. The van der Waals surface area contributed by atoms with E-state index in [-0.39, 0.29) is 5.75 Å². The number of pyridine rings is 1. The first kappa shape index (κ1) is 26.0. The molecule has 0 atom stereocenters. The molecule has 0 radical (unpaired) electrons. The third kappa shape index (κ3) is 5.92. The zero-order valence-electron chi connectivity index (χ0n) is 21.0. The average molecular weight is 626 g/mol. The second-order valence-corrected chi connectivity index (χ2v) is 9.75. The zero-order valence-corrected chi connectivity index (χ0v) is 23.1. The number of nitrogens with zero attached hydrogens (tertiary/aromatic N) is 6. The van der Waals surface area contributed by atoms with Crippen molar-refractivity contribution in [1.29, 1.82) is 0 Å². The highest BCUT2D eigenvalue weighted by atomic mass is 127. The Hall–Kier alpha value is -3.62. The van der Waals surface area contributed by atoms with Crippen molar-refractivity contribution in [2.75, 3.05) is 44.0 Å². The number of hydrogen-bond donors (Lipinski definition) is 3. The van der Waals surface area contributed by atoms with Gasteiger partial charge in [-0.1, -0.05) is 6.07 Å². The molecule has 1 aliphatic heterocycles. The molecule has 0 unspecified atom stereocenters. The normalized spacial score (nSPS) is 13.8. The lowest BCUT2D eigenvalue weighted by molar-refractivity contribution is 0.0341. The number of methoxy groups -OCH3 is 1. The molecule has 0 amide bonds. The highest BCUT2D eigenvalue weighted by molar-refractivity contribution is 14.1. The number of hydrogen-bond acceptors (Lipinski definition) is 11. The van der Waals surface area contributed by atoms with E-state index < -0.39 is 0 Å². The van der Waals surface area contributed by atoms with Crippen LogP contribution in [0.2, 0.25) is 0 Å². The van der Waals surface area contributed by atoms with Gasteiger partial charge < -0.3 is 25.2 Å². The molecule has 4 heterocycles. The molecule has 1 fully saturated rings. The van der Waals surface area contributed by atoms with Crippen molar-refractivity contribution in [2.45, 2.75) is 13.5 Å². The summed E-state index contributed by atoms with van der Waals surface area (Å²) in [6.07, 6.45) is 6.49. The number of aromatic hydroxyl groups is 1. The van der Waals surface area contributed by atoms with Crippen molar-refractivity contribution < 1.29 is 14.6 Å². The van der Waals surface area contributed by atoms with Gasteiger partial charge in [-0.15, -0.1) is 0 Å². The average Bonchev–Trinajstić information content (AvgIpc) is 2.95. The van der Waals surface area contributed by atoms with Gasteiger partial charge >= 0.3 is 0 Å². The van der Waals surface area contributed by atoms with E-state index in [4.69, 9.17) is 9.47 Å². The van der Waals surface area contributed by atoms with E-state index >= 15 is 0 Å². The molecule has 3 aromatic heterocycles. The van der Waals surface area contributed by atoms with E-state index in [0.29, 0.717) is 45.7 Å². The van der Waals surface area contributed by atoms with E-state index in [1.54, 1.807) is 19.4 Å². The van der Waals surface area contributed by atoms with Gasteiger partial charge in [-0.05, 0) is 41.1 Å². The van der Waals surface area contributed by atoms with Crippen molar-refractivity contribution in [2.24, 2.45) is 0 Å². The van der Waals surface area contributed by atoms with E-state index in [9.17, 15) is 5.11 Å². The fourth-order valence-electron chi connectivity index (χ4n) is 4.06. The van der Waals surface area contributed by atoms with Gasteiger partial charge in [0.25, 0.3) is 0 Å². The molecule has 0 saturated carbocycles. The molecular weight excluding hydrogens is 599 g/mol. The van der Waals surface area contributed by atoms with E-state index in [2.05, 4.69) is 69.1 Å². The molecule has 5 rings (SSSR count). The fourth-order valence-corrected chi connectivity index (χ4v) is 4.97. The quantitative estimate of drug-likeness (QED) is 0.243. The van der Waals surface area contributed by atoms with Crippen LogP contribution in [-0.4, -0.2) is 68.3 Å². The van der Waals surface area contributed by atoms with Crippen molar-refractivity contribution in [3.8, 4) is 22.8 Å². The van der Waals surface area contributed by atoms with Gasteiger partial charge in [0.15, 0.2) is 0 Å². The summed E-state index contributed by atoms with van der Waals surface area (Å²) < 4.78 is 11.6. The molecule has 38 heavy (non-hydrogen) atoms. The number of phenolic OH excluding ortho intramolecular Hbond substituents is 1. The second-order valence-electron chi connectivity index (χ2n) is 8.68. The molecule has 1 aromatic carbocycles. The summed E-state index contributed by atoms with van der Waals surface area (Å²) in [6.45, 7) is 6.08. The molecule has 0 aliphatic carbocycles. The highest BCUT2D eigenvalue weighted by Crippen LogP contribution is 2.39. The molecule has 0 spiro atoms. The number of anilines is 4. The standard InChI is InChI=1S/C26H27IN8O3/c1-16-20(36)10-21(37-2)24(27)25(16)34-26-18(12-28-14-32-26)19-9-23(31-15-30-19)33-22-4-3-17(11-29-22)13-35-5-7-38-8-6-35/h3-4,9-12,14-15,36H,5-8,13H2,1-2H3,(H,28,32,34)(H,29,30,31,33). The Morgan fingerprint density at radius 2 is 1.87 bits per heavy atom. The Morgan fingerprint density at radius 1 is 1.03 bits per heavy atom. The number of halogens is 1. The van der Waals surface area contributed by atoms with Gasteiger partial charge in [-0.25, -0.2) is 24.9 Å². The minimum absolute atomic E-state index is 0.123. The number of rotatable bonds is 8.